The van der Waals surface area contributed by atoms with Crippen LogP contribution in [0.5, 0.6) is 5.75 Å². The number of aryl methyl sites for hydroxylation is 1. The van der Waals surface area contributed by atoms with Crippen molar-refractivity contribution in [3.05, 3.63) is 58.1 Å². The summed E-state index contributed by atoms with van der Waals surface area (Å²) in [4.78, 5) is 11.9. The molecule has 0 bridgehead atoms. The summed E-state index contributed by atoms with van der Waals surface area (Å²) in [6.07, 6.45) is 0.740. The Morgan fingerprint density at radius 3 is 2.42 bits per heavy atom. The number of nitrogens with one attached hydrogen (secondary N) is 2. The number of halogens is 1. The van der Waals surface area contributed by atoms with E-state index in [9.17, 15) is 4.79 Å². The number of ether oxygens (including phenoxy) is 1. The third kappa shape index (κ3) is 6.37. The largest absolute Gasteiger partial charge is 0.494 e. The van der Waals surface area contributed by atoms with Crippen molar-refractivity contribution in [2.45, 2.75) is 39.5 Å². The monoisotopic (exact) mass is 418 g/mol. The Kier molecular flexibility index (Phi) is 7.09. The van der Waals surface area contributed by atoms with Crippen LogP contribution in [0, 0.1) is 6.92 Å². The fraction of sp³-hybridized carbons (Fsp3) is 0.381. The third-order valence-corrected chi connectivity index (χ3v) is 4.62. The smallest absolute Gasteiger partial charge is 0.319 e. The summed E-state index contributed by atoms with van der Waals surface area (Å²) in [5.41, 5.74) is 3.31. The standard InChI is InChI=1S/C21H27BrN2O2/c1-15-6-11-19(18(22)14-15)24-20(25)23-12-5-13-26-17-9-7-16(8-10-17)21(2,3)4/h6-11,14H,5,12-13H2,1-4H3,(H2,23,24,25). The molecule has 0 aliphatic rings. The summed E-state index contributed by atoms with van der Waals surface area (Å²) in [5.74, 6) is 0.853. The average molecular weight is 419 g/mol. The highest BCUT2D eigenvalue weighted by molar-refractivity contribution is 9.10. The van der Waals surface area contributed by atoms with E-state index in [1.54, 1.807) is 0 Å². The number of anilines is 1. The maximum Gasteiger partial charge on any atom is 0.319 e. The van der Waals surface area contributed by atoms with Crippen LogP contribution in [0.1, 0.15) is 38.3 Å². The molecule has 5 heteroatoms. The number of carbonyl (C=O) groups excluding carboxylic acids is 1. The second-order valence-corrected chi connectivity index (χ2v) is 8.19. The molecule has 0 aliphatic carbocycles. The second kappa shape index (κ2) is 9.08. The molecule has 140 valence electrons. The van der Waals surface area contributed by atoms with Gasteiger partial charge in [0.05, 0.1) is 12.3 Å². The van der Waals surface area contributed by atoms with Crippen LogP contribution in [0.3, 0.4) is 0 Å². The Bertz CT molecular complexity index is 737. The van der Waals surface area contributed by atoms with Crippen LogP contribution in [-0.4, -0.2) is 19.2 Å². The van der Waals surface area contributed by atoms with Crippen molar-refractivity contribution in [2.24, 2.45) is 0 Å². The quantitative estimate of drug-likeness (QED) is 0.595. The normalized spacial score (nSPS) is 11.1. The minimum Gasteiger partial charge on any atom is -0.494 e. The lowest BCUT2D eigenvalue weighted by molar-refractivity contribution is 0.250. The number of hydrogen-bond donors (Lipinski definition) is 2. The van der Waals surface area contributed by atoms with Crippen LogP contribution in [0.25, 0.3) is 0 Å². The lowest BCUT2D eigenvalue weighted by Gasteiger charge is -2.19. The molecule has 2 amide bonds. The molecular weight excluding hydrogens is 392 g/mol. The SMILES string of the molecule is Cc1ccc(NC(=O)NCCCOc2ccc(C(C)(C)C)cc2)c(Br)c1. The zero-order valence-electron chi connectivity index (χ0n) is 15.9. The van der Waals surface area contributed by atoms with Gasteiger partial charge in [-0.05, 0) is 70.1 Å². The van der Waals surface area contributed by atoms with E-state index < -0.39 is 0 Å². The van der Waals surface area contributed by atoms with Gasteiger partial charge in [-0.15, -0.1) is 0 Å². The molecule has 0 unspecified atom stereocenters. The van der Waals surface area contributed by atoms with E-state index in [1.807, 2.05) is 37.3 Å². The van der Waals surface area contributed by atoms with Crippen molar-refractivity contribution in [3.8, 4) is 5.75 Å². The highest BCUT2D eigenvalue weighted by Gasteiger charge is 2.12. The number of hydrogen-bond acceptors (Lipinski definition) is 2. The van der Waals surface area contributed by atoms with Gasteiger partial charge in [-0.1, -0.05) is 39.0 Å². The van der Waals surface area contributed by atoms with E-state index in [4.69, 9.17) is 4.74 Å². The maximum atomic E-state index is 11.9. The molecule has 2 N–H and O–H groups in total. The van der Waals surface area contributed by atoms with E-state index in [-0.39, 0.29) is 11.4 Å². The van der Waals surface area contributed by atoms with Crippen molar-refractivity contribution >= 4 is 27.6 Å². The molecule has 2 aromatic carbocycles. The molecule has 0 fully saturated rings. The van der Waals surface area contributed by atoms with Gasteiger partial charge in [0.1, 0.15) is 5.75 Å². The number of rotatable bonds is 6. The number of benzene rings is 2. The van der Waals surface area contributed by atoms with Gasteiger partial charge >= 0.3 is 6.03 Å². The maximum absolute atomic E-state index is 11.9. The van der Waals surface area contributed by atoms with Gasteiger partial charge in [-0.25, -0.2) is 4.79 Å². The Balaban J connectivity index is 1.68. The number of carbonyl (C=O) groups is 1. The topological polar surface area (TPSA) is 50.4 Å². The van der Waals surface area contributed by atoms with Crippen LogP contribution in [-0.2, 0) is 5.41 Å². The van der Waals surface area contributed by atoms with Crippen molar-refractivity contribution < 1.29 is 9.53 Å². The van der Waals surface area contributed by atoms with Gasteiger partial charge in [0, 0.05) is 11.0 Å². The summed E-state index contributed by atoms with van der Waals surface area (Å²) in [6.45, 7) is 9.68. The molecule has 0 saturated carbocycles. The fourth-order valence-corrected chi connectivity index (χ4v) is 3.00. The third-order valence-electron chi connectivity index (χ3n) is 3.97. The van der Waals surface area contributed by atoms with Gasteiger partial charge in [0.15, 0.2) is 0 Å². The highest BCUT2D eigenvalue weighted by atomic mass is 79.9. The molecule has 0 heterocycles. The molecule has 0 atom stereocenters. The first-order chi connectivity index (χ1) is 12.3. The average Bonchev–Trinajstić information content (AvgIpc) is 2.57. The number of urea groups is 1. The molecule has 2 rings (SSSR count). The molecule has 4 nitrogen and oxygen atoms in total. The Labute approximate surface area is 164 Å². The highest BCUT2D eigenvalue weighted by Crippen LogP contribution is 2.24. The van der Waals surface area contributed by atoms with Crippen LogP contribution in [0.4, 0.5) is 10.5 Å². The first kappa shape index (κ1) is 20.3. The van der Waals surface area contributed by atoms with Crippen LogP contribution < -0.4 is 15.4 Å². The minimum atomic E-state index is -0.218. The summed E-state index contributed by atoms with van der Waals surface area (Å²) in [6, 6.07) is 13.8. The zero-order chi connectivity index (χ0) is 19.2. The van der Waals surface area contributed by atoms with E-state index in [0.29, 0.717) is 13.2 Å². The van der Waals surface area contributed by atoms with E-state index in [1.165, 1.54) is 5.56 Å². The summed E-state index contributed by atoms with van der Waals surface area (Å²) < 4.78 is 6.60. The van der Waals surface area contributed by atoms with Crippen LogP contribution >= 0.6 is 15.9 Å². The lowest BCUT2D eigenvalue weighted by atomic mass is 9.87. The van der Waals surface area contributed by atoms with Crippen LogP contribution in [0.15, 0.2) is 46.9 Å². The molecule has 26 heavy (non-hydrogen) atoms. The Morgan fingerprint density at radius 2 is 1.81 bits per heavy atom. The van der Waals surface area contributed by atoms with Gasteiger partial charge in [0.25, 0.3) is 0 Å². The fourth-order valence-electron chi connectivity index (χ4n) is 2.40. The van der Waals surface area contributed by atoms with Gasteiger partial charge < -0.3 is 15.4 Å². The lowest BCUT2D eigenvalue weighted by Crippen LogP contribution is -2.30. The minimum absolute atomic E-state index is 0.141. The van der Waals surface area contributed by atoms with E-state index >= 15 is 0 Å². The van der Waals surface area contributed by atoms with Crippen LogP contribution in [0.2, 0.25) is 0 Å². The molecule has 0 radical (unpaired) electrons. The molecule has 0 spiro atoms. The summed E-state index contributed by atoms with van der Waals surface area (Å²) >= 11 is 3.45. The molecule has 2 aromatic rings. The second-order valence-electron chi connectivity index (χ2n) is 7.34. The molecule has 0 saturated heterocycles. The molecule has 0 aromatic heterocycles. The number of amides is 2. The zero-order valence-corrected chi connectivity index (χ0v) is 17.4. The van der Waals surface area contributed by atoms with Crippen molar-refractivity contribution in [3.63, 3.8) is 0 Å². The molecule has 0 aliphatic heterocycles. The first-order valence-electron chi connectivity index (χ1n) is 8.80. The van der Waals surface area contributed by atoms with Gasteiger partial charge in [-0.3, -0.25) is 0 Å². The van der Waals surface area contributed by atoms with Crippen molar-refractivity contribution in [1.82, 2.24) is 5.32 Å². The van der Waals surface area contributed by atoms with Gasteiger partial charge in [-0.2, -0.15) is 0 Å². The first-order valence-corrected chi connectivity index (χ1v) is 9.59. The van der Waals surface area contributed by atoms with Crippen molar-refractivity contribution in [2.75, 3.05) is 18.5 Å². The van der Waals surface area contributed by atoms with Gasteiger partial charge in [0.2, 0.25) is 0 Å². The van der Waals surface area contributed by atoms with E-state index in [0.717, 1.165) is 27.9 Å². The molecular formula is C21H27BrN2O2. The summed E-state index contributed by atoms with van der Waals surface area (Å²) in [7, 11) is 0. The summed E-state index contributed by atoms with van der Waals surface area (Å²) in [5, 5.41) is 5.67. The predicted molar refractivity (Wildman–Crippen MR) is 111 cm³/mol. The Hall–Kier alpha value is -2.01. The predicted octanol–water partition coefficient (Wildman–Crippen LogP) is 5.65. The Morgan fingerprint density at radius 1 is 1.12 bits per heavy atom. The van der Waals surface area contributed by atoms with Crippen molar-refractivity contribution in [1.29, 1.82) is 0 Å². The van der Waals surface area contributed by atoms with E-state index in [2.05, 4.69) is 59.5 Å².